The Morgan fingerprint density at radius 3 is 2.50 bits per heavy atom. The molecule has 1 atom stereocenters. The molecule has 0 saturated carbocycles. The molecule has 0 unspecified atom stereocenters. The zero-order chi connectivity index (χ0) is 21.5. The van der Waals surface area contributed by atoms with E-state index in [2.05, 4.69) is 5.32 Å². The van der Waals surface area contributed by atoms with Gasteiger partial charge in [-0.3, -0.25) is 19.4 Å². The van der Waals surface area contributed by atoms with Crippen molar-refractivity contribution in [3.63, 3.8) is 0 Å². The van der Waals surface area contributed by atoms with Crippen molar-refractivity contribution in [2.24, 2.45) is 0 Å². The maximum atomic E-state index is 12.7. The van der Waals surface area contributed by atoms with E-state index in [1.54, 1.807) is 31.2 Å². The Labute approximate surface area is 180 Å². The van der Waals surface area contributed by atoms with Gasteiger partial charge in [0.1, 0.15) is 12.6 Å². The lowest BCUT2D eigenvalue weighted by Crippen LogP contribution is -2.41. The number of amides is 4. The molecular formula is C22H24ClN3O4. The van der Waals surface area contributed by atoms with Crippen LogP contribution in [0, 0.1) is 0 Å². The number of carbonyl (C=O) groups is 3. The predicted molar refractivity (Wildman–Crippen MR) is 114 cm³/mol. The quantitative estimate of drug-likeness (QED) is 0.490. The minimum absolute atomic E-state index is 0.309. The summed E-state index contributed by atoms with van der Waals surface area (Å²) in [6, 6.07) is 15.3. The zero-order valence-corrected chi connectivity index (χ0v) is 17.5. The number of halogens is 1. The maximum Gasteiger partial charge on any atom is 0.332 e. The number of anilines is 1. The summed E-state index contributed by atoms with van der Waals surface area (Å²) in [7, 11) is 0. The smallest absolute Gasteiger partial charge is 0.332 e. The van der Waals surface area contributed by atoms with E-state index in [0.717, 1.165) is 10.5 Å². The van der Waals surface area contributed by atoms with Gasteiger partial charge in [-0.05, 0) is 43.2 Å². The number of imide groups is 1. The van der Waals surface area contributed by atoms with Crippen molar-refractivity contribution < 1.29 is 19.1 Å². The van der Waals surface area contributed by atoms with Gasteiger partial charge in [0.15, 0.2) is 0 Å². The highest BCUT2D eigenvalue weighted by Gasteiger charge is 2.43. The average molecular weight is 430 g/mol. The Morgan fingerprint density at radius 1 is 1.10 bits per heavy atom. The van der Waals surface area contributed by atoms with Gasteiger partial charge >= 0.3 is 6.03 Å². The second-order valence-electron chi connectivity index (χ2n) is 6.97. The molecule has 1 aliphatic rings. The van der Waals surface area contributed by atoms with Crippen LogP contribution in [0.3, 0.4) is 0 Å². The maximum absolute atomic E-state index is 12.7. The molecule has 30 heavy (non-hydrogen) atoms. The van der Waals surface area contributed by atoms with Gasteiger partial charge in [-0.15, -0.1) is 0 Å². The third-order valence-corrected chi connectivity index (χ3v) is 5.01. The fourth-order valence-corrected chi connectivity index (χ4v) is 3.30. The van der Waals surface area contributed by atoms with Crippen molar-refractivity contribution in [2.75, 3.05) is 24.6 Å². The van der Waals surface area contributed by atoms with Gasteiger partial charge in [-0.2, -0.15) is 0 Å². The minimum atomic E-state index is -0.683. The lowest BCUT2D eigenvalue weighted by atomic mass is 10.2. The van der Waals surface area contributed by atoms with Crippen LogP contribution in [0.1, 0.15) is 18.9 Å². The number of ether oxygens (including phenoxy) is 1. The van der Waals surface area contributed by atoms with Crippen LogP contribution in [0.5, 0.6) is 0 Å². The normalized spacial score (nSPS) is 16.3. The van der Waals surface area contributed by atoms with Gasteiger partial charge < -0.3 is 10.1 Å². The number of urea groups is 1. The van der Waals surface area contributed by atoms with Crippen molar-refractivity contribution in [3.8, 4) is 0 Å². The summed E-state index contributed by atoms with van der Waals surface area (Å²) in [6.07, 6.45) is 0.633. The summed E-state index contributed by atoms with van der Waals surface area (Å²) < 4.78 is 5.57. The van der Waals surface area contributed by atoms with Crippen LogP contribution in [-0.2, 0) is 20.9 Å². The first-order valence-electron chi connectivity index (χ1n) is 9.76. The molecule has 0 radical (unpaired) electrons. The molecule has 1 heterocycles. The van der Waals surface area contributed by atoms with Crippen LogP contribution in [0.4, 0.5) is 10.5 Å². The van der Waals surface area contributed by atoms with Crippen molar-refractivity contribution in [1.29, 1.82) is 0 Å². The van der Waals surface area contributed by atoms with Gasteiger partial charge in [-0.25, -0.2) is 4.79 Å². The van der Waals surface area contributed by atoms with E-state index < -0.39 is 18.0 Å². The molecule has 2 aromatic rings. The number of nitrogens with zero attached hydrogens (tertiary/aromatic N) is 2. The summed E-state index contributed by atoms with van der Waals surface area (Å²) in [6.45, 7) is 2.75. The standard InChI is InChI=1S/C22H24ClN3O4/c1-16-21(28)25(22(29)26(16)19-10-8-18(23)9-11-19)14-20(27)24-12-5-13-30-15-17-6-3-2-4-7-17/h2-4,6-11,16H,5,12-15H2,1H3,(H,24,27)/t16-/m1/s1. The SMILES string of the molecule is C[C@@H]1C(=O)N(CC(=O)NCCCOCc2ccccc2)C(=O)N1c1ccc(Cl)cc1. The van der Waals surface area contributed by atoms with Crippen LogP contribution in [0.25, 0.3) is 0 Å². The van der Waals surface area contributed by atoms with Gasteiger partial charge in [0.05, 0.1) is 6.61 Å². The summed E-state index contributed by atoms with van der Waals surface area (Å²) in [5.74, 6) is -0.791. The molecule has 0 aromatic heterocycles. The van der Waals surface area contributed by atoms with E-state index in [9.17, 15) is 14.4 Å². The first-order chi connectivity index (χ1) is 14.5. The van der Waals surface area contributed by atoms with Gasteiger partial charge in [0, 0.05) is 23.9 Å². The number of benzene rings is 2. The van der Waals surface area contributed by atoms with Crippen molar-refractivity contribution in [2.45, 2.75) is 26.0 Å². The Kier molecular flexibility index (Phi) is 7.43. The first-order valence-corrected chi connectivity index (χ1v) is 10.1. The Balaban J connectivity index is 1.42. The van der Waals surface area contributed by atoms with Crippen LogP contribution >= 0.6 is 11.6 Å². The van der Waals surface area contributed by atoms with Crippen LogP contribution in [0.2, 0.25) is 5.02 Å². The molecule has 1 N–H and O–H groups in total. The molecule has 8 heteroatoms. The van der Waals surface area contributed by atoms with E-state index in [4.69, 9.17) is 16.3 Å². The first kappa shape index (κ1) is 21.8. The van der Waals surface area contributed by atoms with Crippen LogP contribution in [-0.4, -0.2) is 48.5 Å². The fourth-order valence-electron chi connectivity index (χ4n) is 3.17. The predicted octanol–water partition coefficient (Wildman–Crippen LogP) is 3.22. The van der Waals surface area contributed by atoms with E-state index in [1.807, 2.05) is 30.3 Å². The lowest BCUT2D eigenvalue weighted by molar-refractivity contribution is -0.131. The summed E-state index contributed by atoms with van der Waals surface area (Å²) >= 11 is 5.89. The van der Waals surface area contributed by atoms with Crippen molar-refractivity contribution >= 4 is 35.1 Å². The third-order valence-electron chi connectivity index (χ3n) is 4.75. The molecule has 1 aliphatic heterocycles. The molecule has 2 aromatic carbocycles. The fraction of sp³-hybridized carbons (Fsp3) is 0.318. The Hall–Kier alpha value is -2.90. The molecule has 158 valence electrons. The second-order valence-corrected chi connectivity index (χ2v) is 7.41. The topological polar surface area (TPSA) is 79.0 Å². The summed E-state index contributed by atoms with van der Waals surface area (Å²) in [4.78, 5) is 39.7. The molecule has 0 bridgehead atoms. The molecule has 1 fully saturated rings. The molecule has 1 saturated heterocycles. The number of nitrogens with one attached hydrogen (secondary N) is 1. The molecule has 0 aliphatic carbocycles. The van der Waals surface area contributed by atoms with Crippen LogP contribution < -0.4 is 10.2 Å². The van der Waals surface area contributed by atoms with E-state index >= 15 is 0 Å². The Bertz CT molecular complexity index is 889. The molecule has 3 rings (SSSR count). The van der Waals surface area contributed by atoms with Crippen molar-refractivity contribution in [1.82, 2.24) is 10.2 Å². The molecule has 4 amide bonds. The van der Waals surface area contributed by atoms with Gasteiger partial charge in [0.25, 0.3) is 5.91 Å². The van der Waals surface area contributed by atoms with E-state index in [-0.39, 0.29) is 12.5 Å². The van der Waals surface area contributed by atoms with E-state index in [0.29, 0.717) is 36.9 Å². The number of hydrogen-bond acceptors (Lipinski definition) is 4. The highest BCUT2D eigenvalue weighted by Crippen LogP contribution is 2.26. The largest absolute Gasteiger partial charge is 0.377 e. The second kappa shape index (κ2) is 10.2. The lowest BCUT2D eigenvalue weighted by Gasteiger charge is -2.19. The minimum Gasteiger partial charge on any atom is -0.377 e. The van der Waals surface area contributed by atoms with Crippen molar-refractivity contribution in [3.05, 3.63) is 65.2 Å². The highest BCUT2D eigenvalue weighted by atomic mass is 35.5. The number of rotatable bonds is 9. The number of carbonyl (C=O) groups excluding carboxylic acids is 3. The van der Waals surface area contributed by atoms with Gasteiger partial charge in [-0.1, -0.05) is 41.9 Å². The monoisotopic (exact) mass is 429 g/mol. The molecule has 7 nitrogen and oxygen atoms in total. The van der Waals surface area contributed by atoms with E-state index in [1.165, 1.54) is 4.90 Å². The summed E-state index contributed by atoms with van der Waals surface area (Å²) in [5.41, 5.74) is 1.65. The Morgan fingerprint density at radius 2 is 1.80 bits per heavy atom. The highest BCUT2D eigenvalue weighted by molar-refractivity contribution is 6.30. The molecular weight excluding hydrogens is 406 g/mol. The zero-order valence-electron chi connectivity index (χ0n) is 16.7. The average Bonchev–Trinajstić information content (AvgIpc) is 2.95. The van der Waals surface area contributed by atoms with Gasteiger partial charge in [0.2, 0.25) is 5.91 Å². The summed E-state index contributed by atoms with van der Waals surface area (Å²) in [5, 5.41) is 3.26. The van der Waals surface area contributed by atoms with Crippen LogP contribution in [0.15, 0.2) is 54.6 Å². The number of hydrogen-bond donors (Lipinski definition) is 1. The molecule has 0 spiro atoms. The third kappa shape index (κ3) is 5.37.